The number of ether oxygens (including phenoxy) is 1. The maximum Gasteiger partial charge on any atom is 0.119 e. The van der Waals surface area contributed by atoms with Gasteiger partial charge >= 0.3 is 0 Å². The van der Waals surface area contributed by atoms with Gasteiger partial charge in [0.1, 0.15) is 5.75 Å². The molecule has 0 aliphatic heterocycles. The summed E-state index contributed by atoms with van der Waals surface area (Å²) in [5.74, 6) is 0.930. The van der Waals surface area contributed by atoms with Crippen LogP contribution >= 0.6 is 0 Å². The van der Waals surface area contributed by atoms with Crippen LogP contribution in [0, 0.1) is 0 Å². The summed E-state index contributed by atoms with van der Waals surface area (Å²) in [7, 11) is 0. The van der Waals surface area contributed by atoms with Gasteiger partial charge in [-0.15, -0.1) is 0 Å². The molecule has 29 heavy (non-hydrogen) atoms. The van der Waals surface area contributed by atoms with E-state index in [-0.39, 0.29) is 6.04 Å². The van der Waals surface area contributed by atoms with Gasteiger partial charge in [0.2, 0.25) is 0 Å². The summed E-state index contributed by atoms with van der Waals surface area (Å²) < 4.78 is 5.82. The highest BCUT2D eigenvalue weighted by molar-refractivity contribution is 5.29. The number of hydrogen-bond donors (Lipinski definition) is 2. The fraction of sp³-hybridized carbons (Fsp3) is 0.769. The zero-order valence-electron chi connectivity index (χ0n) is 19.2. The zero-order chi connectivity index (χ0) is 21.0. The van der Waals surface area contributed by atoms with E-state index in [1.54, 1.807) is 0 Å². The van der Waals surface area contributed by atoms with Gasteiger partial charge in [0, 0.05) is 12.6 Å². The van der Waals surface area contributed by atoms with Crippen LogP contribution in [0.1, 0.15) is 121 Å². The van der Waals surface area contributed by atoms with Crippen LogP contribution in [0.25, 0.3) is 0 Å². The van der Waals surface area contributed by atoms with Crippen LogP contribution in [0.3, 0.4) is 0 Å². The van der Waals surface area contributed by atoms with E-state index >= 15 is 0 Å². The summed E-state index contributed by atoms with van der Waals surface area (Å²) in [6, 6.07) is 7.94. The van der Waals surface area contributed by atoms with E-state index in [1.807, 2.05) is 24.3 Å². The number of benzene rings is 1. The van der Waals surface area contributed by atoms with Crippen molar-refractivity contribution < 1.29 is 4.74 Å². The Morgan fingerprint density at radius 1 is 0.655 bits per heavy atom. The van der Waals surface area contributed by atoms with E-state index in [4.69, 9.17) is 16.2 Å². The number of nitrogens with two attached hydrogens (primary N) is 2. The molecule has 0 amide bonds. The average Bonchev–Trinajstić information content (AvgIpc) is 2.75. The molecule has 0 fully saturated rings. The minimum Gasteiger partial charge on any atom is -0.494 e. The fourth-order valence-electron chi connectivity index (χ4n) is 3.79. The van der Waals surface area contributed by atoms with E-state index < -0.39 is 0 Å². The quantitative estimate of drug-likeness (QED) is 0.224. The van der Waals surface area contributed by atoms with Crippen LogP contribution < -0.4 is 16.2 Å². The highest BCUT2D eigenvalue weighted by Gasteiger charge is 2.03. The average molecular weight is 405 g/mol. The molecule has 0 aliphatic rings. The van der Waals surface area contributed by atoms with Crippen molar-refractivity contribution >= 4 is 0 Å². The highest BCUT2D eigenvalue weighted by Crippen LogP contribution is 2.17. The SMILES string of the molecule is CCCCCCCCCCCCCCCCCCOc1ccc(C(N)CN)cc1. The van der Waals surface area contributed by atoms with E-state index in [0.717, 1.165) is 24.3 Å². The second kappa shape index (κ2) is 18.9. The lowest BCUT2D eigenvalue weighted by atomic mass is 10.0. The standard InChI is InChI=1S/C26H48N2O/c1-2-3-4-5-6-7-8-9-10-11-12-13-14-15-16-17-22-29-25-20-18-24(19-21-25)26(28)23-27/h18-21,26H,2-17,22-23,27-28H2,1H3. The smallest absolute Gasteiger partial charge is 0.119 e. The van der Waals surface area contributed by atoms with Crippen LogP contribution in [-0.2, 0) is 0 Å². The summed E-state index contributed by atoms with van der Waals surface area (Å²) in [4.78, 5) is 0. The van der Waals surface area contributed by atoms with Crippen LogP contribution in [0.15, 0.2) is 24.3 Å². The van der Waals surface area contributed by atoms with Crippen LogP contribution in [0.2, 0.25) is 0 Å². The van der Waals surface area contributed by atoms with Crippen molar-refractivity contribution in [3.05, 3.63) is 29.8 Å². The largest absolute Gasteiger partial charge is 0.494 e. The van der Waals surface area contributed by atoms with E-state index in [9.17, 15) is 0 Å². The third-order valence-corrected chi connectivity index (χ3v) is 5.83. The van der Waals surface area contributed by atoms with Gasteiger partial charge in [0.15, 0.2) is 0 Å². The Labute approximate surface area is 181 Å². The van der Waals surface area contributed by atoms with E-state index in [1.165, 1.54) is 96.3 Å². The Morgan fingerprint density at radius 2 is 1.07 bits per heavy atom. The monoisotopic (exact) mass is 404 g/mol. The zero-order valence-corrected chi connectivity index (χ0v) is 19.2. The Morgan fingerprint density at radius 3 is 1.48 bits per heavy atom. The molecule has 0 aromatic heterocycles. The van der Waals surface area contributed by atoms with E-state index in [2.05, 4.69) is 6.92 Å². The summed E-state index contributed by atoms with van der Waals surface area (Å²) in [5, 5.41) is 0. The van der Waals surface area contributed by atoms with Crippen molar-refractivity contribution in [1.29, 1.82) is 0 Å². The lowest BCUT2D eigenvalue weighted by Gasteiger charge is -2.10. The van der Waals surface area contributed by atoms with Gasteiger partial charge in [-0.2, -0.15) is 0 Å². The Bertz CT molecular complexity index is 460. The first-order chi connectivity index (χ1) is 14.3. The molecule has 3 heteroatoms. The predicted molar refractivity (Wildman–Crippen MR) is 127 cm³/mol. The third-order valence-electron chi connectivity index (χ3n) is 5.83. The van der Waals surface area contributed by atoms with Crippen LogP contribution in [0.5, 0.6) is 5.75 Å². The molecule has 0 saturated heterocycles. The maximum atomic E-state index is 5.92. The van der Waals surface area contributed by atoms with E-state index in [0.29, 0.717) is 6.54 Å². The van der Waals surface area contributed by atoms with Gasteiger partial charge in [-0.1, -0.05) is 115 Å². The molecule has 0 heterocycles. The molecule has 0 aliphatic carbocycles. The molecule has 1 aromatic rings. The number of hydrogen-bond acceptors (Lipinski definition) is 3. The van der Waals surface area contributed by atoms with Crippen molar-refractivity contribution in [2.75, 3.05) is 13.2 Å². The predicted octanol–water partition coefficient (Wildman–Crippen LogP) is 7.29. The van der Waals surface area contributed by atoms with Crippen LogP contribution in [0.4, 0.5) is 0 Å². The lowest BCUT2D eigenvalue weighted by molar-refractivity contribution is 0.304. The second-order valence-electron chi connectivity index (χ2n) is 8.56. The van der Waals surface area contributed by atoms with Gasteiger partial charge in [-0.05, 0) is 24.1 Å². The van der Waals surface area contributed by atoms with Crippen molar-refractivity contribution in [3.63, 3.8) is 0 Å². The Kier molecular flexibility index (Phi) is 17.0. The number of unbranched alkanes of at least 4 members (excludes halogenated alkanes) is 15. The molecule has 1 unspecified atom stereocenters. The molecular formula is C26H48N2O. The first-order valence-electron chi connectivity index (χ1n) is 12.5. The fourth-order valence-corrected chi connectivity index (χ4v) is 3.79. The van der Waals surface area contributed by atoms with Crippen molar-refractivity contribution in [1.82, 2.24) is 0 Å². The van der Waals surface area contributed by atoms with Crippen molar-refractivity contribution in [3.8, 4) is 5.75 Å². The van der Waals surface area contributed by atoms with Crippen LogP contribution in [-0.4, -0.2) is 13.2 Å². The topological polar surface area (TPSA) is 61.3 Å². The molecule has 0 spiro atoms. The Balaban J connectivity index is 1.81. The molecular weight excluding hydrogens is 356 g/mol. The first kappa shape index (κ1) is 26.0. The first-order valence-corrected chi connectivity index (χ1v) is 12.5. The summed E-state index contributed by atoms with van der Waals surface area (Å²) in [6.07, 6.45) is 22.3. The molecule has 1 atom stereocenters. The second-order valence-corrected chi connectivity index (χ2v) is 8.56. The molecule has 1 aromatic carbocycles. The van der Waals surface area contributed by atoms with Crippen molar-refractivity contribution in [2.24, 2.45) is 11.5 Å². The number of rotatable bonds is 20. The minimum atomic E-state index is -0.0793. The highest BCUT2D eigenvalue weighted by atomic mass is 16.5. The molecule has 1 rings (SSSR count). The summed E-state index contributed by atoms with van der Waals surface area (Å²) in [6.45, 7) is 3.57. The molecule has 0 saturated carbocycles. The molecule has 0 radical (unpaired) electrons. The lowest BCUT2D eigenvalue weighted by Crippen LogP contribution is -2.20. The molecule has 168 valence electrons. The van der Waals surface area contributed by atoms with Gasteiger partial charge in [-0.25, -0.2) is 0 Å². The minimum absolute atomic E-state index is 0.0793. The van der Waals surface area contributed by atoms with Gasteiger partial charge < -0.3 is 16.2 Å². The molecule has 0 bridgehead atoms. The van der Waals surface area contributed by atoms with Crippen molar-refractivity contribution in [2.45, 2.75) is 116 Å². The van der Waals surface area contributed by atoms with Gasteiger partial charge in [0.25, 0.3) is 0 Å². The molecule has 3 nitrogen and oxygen atoms in total. The Hall–Kier alpha value is -1.06. The maximum absolute atomic E-state index is 5.92. The van der Waals surface area contributed by atoms with Gasteiger partial charge in [0.05, 0.1) is 6.61 Å². The molecule has 4 N–H and O–H groups in total. The summed E-state index contributed by atoms with van der Waals surface area (Å²) in [5.41, 5.74) is 12.6. The third kappa shape index (κ3) is 14.5. The summed E-state index contributed by atoms with van der Waals surface area (Å²) >= 11 is 0. The van der Waals surface area contributed by atoms with Gasteiger partial charge in [-0.3, -0.25) is 0 Å². The normalized spacial score (nSPS) is 12.2.